The summed E-state index contributed by atoms with van der Waals surface area (Å²) in [5.74, 6) is 0.207. The number of nitrogens with two attached hydrogens (primary N) is 1. The molecular weight excluding hydrogens is 235 g/mol. The molecule has 0 aromatic rings. The number of phosphoric acid groups is 1. The molecule has 0 aromatic heterocycles. The topological polar surface area (TPSA) is 100 Å². The van der Waals surface area contributed by atoms with Crippen molar-refractivity contribution in [2.24, 2.45) is 5.73 Å². The Kier molecular flexibility index (Phi) is 4.15. The molecule has 8 nitrogen and oxygen atoms in total. The minimum atomic E-state index is -4.07. The Morgan fingerprint density at radius 2 is 2.38 bits per heavy atom. The van der Waals surface area contributed by atoms with Gasteiger partial charge in [-0.25, -0.2) is 4.57 Å². The van der Waals surface area contributed by atoms with Crippen molar-refractivity contribution in [1.29, 1.82) is 0 Å². The number of hydroxylamine groups is 1. The van der Waals surface area contributed by atoms with Crippen molar-refractivity contribution < 1.29 is 23.3 Å². The highest BCUT2D eigenvalue weighted by molar-refractivity contribution is 7.47. The first-order chi connectivity index (χ1) is 7.35. The monoisotopic (exact) mass is 253 g/mol. The number of hydrogen-bond acceptors (Lipinski definition) is 6. The van der Waals surface area contributed by atoms with Crippen LogP contribution in [0, 0.1) is 0 Å². The summed E-state index contributed by atoms with van der Waals surface area (Å²) in [6.07, 6.45) is 0. The van der Waals surface area contributed by atoms with Gasteiger partial charge in [-0.05, 0) is 14.1 Å². The van der Waals surface area contributed by atoms with Gasteiger partial charge >= 0.3 is 13.8 Å². The van der Waals surface area contributed by atoms with Gasteiger partial charge in [-0.2, -0.15) is 0 Å². The van der Waals surface area contributed by atoms with Crippen LogP contribution < -0.4 is 11.1 Å². The Bertz CT molecular complexity index is 332. The fourth-order valence-corrected chi connectivity index (χ4v) is 1.91. The molecule has 0 amide bonds. The molecule has 0 bridgehead atoms. The first-order valence-corrected chi connectivity index (χ1v) is 6.24. The molecule has 1 unspecified atom stereocenters. The van der Waals surface area contributed by atoms with E-state index in [9.17, 15) is 9.46 Å². The number of rotatable bonds is 5. The minimum absolute atomic E-state index is 0.134. The predicted octanol–water partition coefficient (Wildman–Crippen LogP) is -1.47. The first kappa shape index (κ1) is 13.2. The van der Waals surface area contributed by atoms with Crippen molar-refractivity contribution >= 4 is 13.8 Å². The fourth-order valence-electron chi connectivity index (χ4n) is 1.40. The molecule has 16 heavy (non-hydrogen) atoms. The van der Waals surface area contributed by atoms with Gasteiger partial charge in [0, 0.05) is 13.7 Å². The third kappa shape index (κ3) is 3.34. The van der Waals surface area contributed by atoms with Crippen molar-refractivity contribution in [3.05, 3.63) is 0 Å². The van der Waals surface area contributed by atoms with Crippen molar-refractivity contribution in [1.82, 2.24) is 10.2 Å². The van der Waals surface area contributed by atoms with Crippen LogP contribution in [0.1, 0.15) is 0 Å². The Balaban J connectivity index is 2.75. The van der Waals surface area contributed by atoms with E-state index in [1.54, 1.807) is 0 Å². The van der Waals surface area contributed by atoms with Gasteiger partial charge in [-0.15, -0.1) is 0 Å². The largest absolute Gasteiger partial charge is 0.557 e. The van der Waals surface area contributed by atoms with Gasteiger partial charge < -0.3 is 4.90 Å². The normalized spacial score (nSPS) is 24.4. The summed E-state index contributed by atoms with van der Waals surface area (Å²) in [6, 6.07) is -0.134. The number of hydrogen-bond donors (Lipinski definition) is 3. The summed E-state index contributed by atoms with van der Waals surface area (Å²) in [7, 11) is 0.805. The van der Waals surface area contributed by atoms with E-state index in [0.29, 0.717) is 13.1 Å². The van der Waals surface area contributed by atoms with E-state index in [4.69, 9.17) is 10.4 Å². The van der Waals surface area contributed by atoms with E-state index in [0.717, 1.165) is 7.11 Å². The van der Waals surface area contributed by atoms with Gasteiger partial charge in [0.05, 0.1) is 0 Å². The molecule has 4 N–H and O–H groups in total. The van der Waals surface area contributed by atoms with Crippen LogP contribution in [0.5, 0.6) is 0 Å². The quantitative estimate of drug-likeness (QED) is 0.406. The molecular formula is C7H18N4O4P+. The minimum Gasteiger partial charge on any atom is -0.306 e. The van der Waals surface area contributed by atoms with Gasteiger partial charge in [0.1, 0.15) is 6.54 Å². The maximum atomic E-state index is 11.3. The van der Waals surface area contributed by atoms with Crippen LogP contribution in [0.4, 0.5) is 0 Å². The lowest BCUT2D eigenvalue weighted by Gasteiger charge is -2.18. The molecule has 0 fully saturated rings. The van der Waals surface area contributed by atoms with E-state index in [-0.39, 0.29) is 12.0 Å². The lowest BCUT2D eigenvalue weighted by atomic mass is 10.3. The molecule has 94 valence electrons. The van der Waals surface area contributed by atoms with Crippen molar-refractivity contribution in [2.45, 2.75) is 6.04 Å². The highest BCUT2D eigenvalue weighted by atomic mass is 31.2. The highest BCUT2D eigenvalue weighted by Crippen LogP contribution is 2.42. The number of nitrogens with one attached hydrogen (secondary N) is 1. The molecule has 0 spiro atoms. The van der Waals surface area contributed by atoms with Crippen LogP contribution in [0.3, 0.4) is 0 Å². The summed E-state index contributed by atoms with van der Waals surface area (Å²) in [4.78, 5) is 11.1. The summed E-state index contributed by atoms with van der Waals surface area (Å²) in [5, 5.41) is 2.85. The van der Waals surface area contributed by atoms with Crippen LogP contribution >= 0.6 is 7.82 Å². The maximum Gasteiger partial charge on any atom is 0.557 e. The number of phosphoric ester groups is 1. The predicted molar refractivity (Wildman–Crippen MR) is 57.7 cm³/mol. The third-order valence-corrected chi connectivity index (χ3v) is 2.93. The lowest BCUT2D eigenvalue weighted by Crippen LogP contribution is -2.37. The van der Waals surface area contributed by atoms with Gasteiger partial charge in [0.25, 0.3) is 0 Å². The first-order valence-electron chi connectivity index (χ1n) is 4.74. The highest BCUT2D eigenvalue weighted by Gasteiger charge is 2.36. The fraction of sp³-hybridized carbons (Fsp3) is 0.857. The zero-order valence-corrected chi connectivity index (χ0v) is 10.5. The zero-order chi connectivity index (χ0) is 12.3. The molecule has 0 radical (unpaired) electrons. The van der Waals surface area contributed by atoms with Crippen LogP contribution in [0.25, 0.3) is 0 Å². The SMILES string of the molecule is COP(=O)(O)O[N+]1=C(N)NC[C@H]1CN(C)C. The zero-order valence-electron chi connectivity index (χ0n) is 9.58. The van der Waals surface area contributed by atoms with Crippen LogP contribution in [0.15, 0.2) is 0 Å². The van der Waals surface area contributed by atoms with Crippen LogP contribution in [-0.2, 0) is 13.7 Å². The molecule has 1 aliphatic rings. The average molecular weight is 253 g/mol. The molecule has 9 heteroatoms. The molecule has 1 heterocycles. The van der Waals surface area contributed by atoms with Gasteiger partial charge in [-0.3, -0.25) is 25.1 Å². The Morgan fingerprint density at radius 3 is 2.88 bits per heavy atom. The Morgan fingerprint density at radius 1 is 1.75 bits per heavy atom. The van der Waals surface area contributed by atoms with Crippen molar-refractivity contribution in [3.8, 4) is 0 Å². The molecule has 0 aliphatic carbocycles. The Hall–Kier alpha value is -0.820. The molecule has 0 aromatic carbocycles. The molecule has 2 atom stereocenters. The van der Waals surface area contributed by atoms with Crippen LogP contribution in [0.2, 0.25) is 0 Å². The van der Waals surface area contributed by atoms with E-state index >= 15 is 0 Å². The van der Waals surface area contributed by atoms with E-state index in [1.807, 2.05) is 19.0 Å². The molecule has 0 saturated heterocycles. The molecule has 0 saturated carbocycles. The lowest BCUT2D eigenvalue weighted by molar-refractivity contribution is -0.769. The number of nitrogens with zero attached hydrogens (tertiary/aromatic N) is 2. The van der Waals surface area contributed by atoms with E-state index < -0.39 is 7.82 Å². The second kappa shape index (κ2) is 5.01. The second-order valence-electron chi connectivity index (χ2n) is 3.74. The summed E-state index contributed by atoms with van der Waals surface area (Å²) >= 11 is 0. The maximum absolute atomic E-state index is 11.3. The summed E-state index contributed by atoms with van der Waals surface area (Å²) in [5.41, 5.74) is 5.61. The molecule has 1 aliphatic heterocycles. The number of guanidine groups is 1. The number of likely N-dealkylation sites (N-methyl/N-ethyl adjacent to an activating group) is 1. The second-order valence-corrected chi connectivity index (χ2v) is 5.21. The standard InChI is InChI=1S/C7H17N4O4P/c1-10(2)5-6-4-9-7(8)11(6)15-16(12,13)14-3/h6H,4-5H2,1-3H3,(H3,8,9,12,13)/p+1/t6-/m0/s1. The van der Waals surface area contributed by atoms with Gasteiger partial charge in [-0.1, -0.05) is 4.74 Å². The smallest absolute Gasteiger partial charge is 0.306 e. The van der Waals surface area contributed by atoms with E-state index in [2.05, 4.69) is 9.84 Å². The van der Waals surface area contributed by atoms with E-state index in [1.165, 1.54) is 4.74 Å². The average Bonchev–Trinajstić information content (AvgIpc) is 2.49. The Labute approximate surface area is 94.2 Å². The van der Waals surface area contributed by atoms with Crippen molar-refractivity contribution in [2.75, 3.05) is 34.3 Å². The van der Waals surface area contributed by atoms with Crippen molar-refractivity contribution in [3.63, 3.8) is 0 Å². The molecule has 1 rings (SSSR count). The third-order valence-electron chi connectivity index (χ3n) is 2.09. The van der Waals surface area contributed by atoms with Gasteiger partial charge in [0.15, 0.2) is 6.04 Å². The summed E-state index contributed by atoms with van der Waals surface area (Å²) in [6.45, 7) is 1.19. The summed E-state index contributed by atoms with van der Waals surface area (Å²) < 4.78 is 21.6. The van der Waals surface area contributed by atoms with Gasteiger partial charge in [0.2, 0.25) is 0 Å². The van der Waals surface area contributed by atoms with Crippen LogP contribution in [-0.4, -0.2) is 60.8 Å².